The molecule has 0 saturated heterocycles. The van der Waals surface area contributed by atoms with E-state index in [0.29, 0.717) is 6.42 Å². The summed E-state index contributed by atoms with van der Waals surface area (Å²) in [5.41, 5.74) is 6.37. The van der Waals surface area contributed by atoms with Gasteiger partial charge in [0.05, 0.1) is 11.0 Å². The van der Waals surface area contributed by atoms with Gasteiger partial charge < -0.3 is 4.42 Å². The SMILES string of the molecule is C1=C(n2c3ccccc3c3c4c5ccccc5sc4c4ccccc4c32)N=C(c2cccc3c2Sc2ccccc2S3)c2oc3ccccc3c2C1. The zero-order chi connectivity index (χ0) is 33.9. The van der Waals surface area contributed by atoms with Gasteiger partial charge in [-0.15, -0.1) is 11.3 Å². The quantitative estimate of drug-likeness (QED) is 0.178. The molecule has 2 aliphatic heterocycles. The number of rotatable bonds is 2. The van der Waals surface area contributed by atoms with Crippen LogP contribution in [-0.4, -0.2) is 10.3 Å². The lowest BCUT2D eigenvalue weighted by atomic mass is 10.00. The molecule has 5 heterocycles. The Morgan fingerprint density at radius 1 is 0.577 bits per heavy atom. The Labute approximate surface area is 310 Å². The van der Waals surface area contributed by atoms with E-state index in [9.17, 15) is 0 Å². The van der Waals surface area contributed by atoms with Gasteiger partial charge in [0.25, 0.3) is 0 Å². The molecule has 0 N–H and O–H groups in total. The van der Waals surface area contributed by atoms with Crippen molar-refractivity contribution in [1.29, 1.82) is 0 Å². The maximum absolute atomic E-state index is 6.82. The fraction of sp³-hybridized carbons (Fsp3) is 0.0217. The second-order valence-electron chi connectivity index (χ2n) is 13.3. The summed E-state index contributed by atoms with van der Waals surface area (Å²) in [6.45, 7) is 0. The first kappa shape index (κ1) is 29.1. The van der Waals surface area contributed by atoms with Crippen LogP contribution in [0.25, 0.3) is 69.5 Å². The third-order valence-corrected chi connectivity index (χ3v) is 14.3. The van der Waals surface area contributed by atoms with Crippen LogP contribution in [0.2, 0.25) is 0 Å². The first-order valence-electron chi connectivity index (χ1n) is 17.4. The Hall–Kier alpha value is -5.53. The van der Waals surface area contributed by atoms with E-state index in [2.05, 4.69) is 150 Å². The van der Waals surface area contributed by atoms with Crippen molar-refractivity contribution >= 4 is 110 Å². The summed E-state index contributed by atoms with van der Waals surface area (Å²) < 4.78 is 11.9. The number of nitrogens with zero attached hydrogens (tertiary/aromatic N) is 2. The number of para-hydroxylation sites is 2. The van der Waals surface area contributed by atoms with Crippen LogP contribution in [0, 0.1) is 0 Å². The molecule has 244 valence electrons. The van der Waals surface area contributed by atoms with E-state index in [4.69, 9.17) is 9.41 Å². The molecule has 0 unspecified atom stereocenters. The minimum Gasteiger partial charge on any atom is -0.454 e. The van der Waals surface area contributed by atoms with Crippen LogP contribution in [0.15, 0.2) is 175 Å². The minimum atomic E-state index is 0.698. The molecule has 7 aromatic carbocycles. The molecular weight excluding hydrogens is 693 g/mol. The highest BCUT2D eigenvalue weighted by molar-refractivity contribution is 8.05. The Kier molecular flexibility index (Phi) is 6.15. The predicted molar refractivity (Wildman–Crippen MR) is 221 cm³/mol. The van der Waals surface area contributed by atoms with Gasteiger partial charge >= 0.3 is 0 Å². The first-order valence-corrected chi connectivity index (χ1v) is 19.9. The average molecular weight is 719 g/mol. The molecule has 0 saturated carbocycles. The molecule has 0 aliphatic carbocycles. The molecule has 52 heavy (non-hydrogen) atoms. The molecule has 0 radical (unpaired) electrons. The normalized spacial score (nSPS) is 14.2. The molecular formula is C46H26N2OS3. The number of thiophene rings is 1. The molecule has 0 bridgehead atoms. The van der Waals surface area contributed by atoms with E-state index in [0.717, 1.165) is 39.3 Å². The zero-order valence-electron chi connectivity index (χ0n) is 27.6. The highest BCUT2D eigenvalue weighted by Gasteiger charge is 2.30. The first-order chi connectivity index (χ1) is 25.8. The summed E-state index contributed by atoms with van der Waals surface area (Å²) in [5.74, 6) is 1.76. The standard InChI is InChI=1S/C46H26N2OS3/c1-2-14-29-27(13-1)43-40(41-31-16-5-8-20-35(31)51-46(29)41)30-15-3-6-18-33(30)48(43)39-25-24-28-26-12-4-7-19-34(26)49-44(28)42(47-39)32-17-11-23-38-45(32)52-37-22-10-9-21-36(37)50-38/h1-23,25H,24H2. The lowest BCUT2D eigenvalue weighted by Gasteiger charge is -2.21. The van der Waals surface area contributed by atoms with Crippen molar-refractivity contribution in [1.82, 2.24) is 4.57 Å². The molecule has 0 fully saturated rings. The van der Waals surface area contributed by atoms with Crippen molar-refractivity contribution in [3.63, 3.8) is 0 Å². The maximum atomic E-state index is 6.82. The van der Waals surface area contributed by atoms with Gasteiger partial charge in [-0.1, -0.05) is 127 Å². The zero-order valence-corrected chi connectivity index (χ0v) is 30.0. The van der Waals surface area contributed by atoms with E-state index in [1.54, 1.807) is 0 Å². The fourth-order valence-corrected chi connectivity index (χ4v) is 11.9. The van der Waals surface area contributed by atoms with Crippen LogP contribution in [0.4, 0.5) is 0 Å². The molecule has 6 heteroatoms. The fourth-order valence-electron chi connectivity index (χ4n) is 8.31. The Bertz CT molecular complexity index is 3230. The van der Waals surface area contributed by atoms with E-state index >= 15 is 0 Å². The second kappa shape index (κ2) is 11.0. The average Bonchev–Trinajstić information content (AvgIpc) is 3.83. The molecule has 0 spiro atoms. The highest BCUT2D eigenvalue weighted by atomic mass is 32.2. The number of hydrogen-bond donors (Lipinski definition) is 0. The van der Waals surface area contributed by atoms with Crippen molar-refractivity contribution < 1.29 is 4.42 Å². The van der Waals surface area contributed by atoms with Gasteiger partial charge in [-0.3, -0.25) is 4.57 Å². The van der Waals surface area contributed by atoms with Crippen LogP contribution in [0.5, 0.6) is 0 Å². The number of hydrogen-bond acceptors (Lipinski definition) is 5. The summed E-state index contributed by atoms with van der Waals surface area (Å²) in [6, 6.07) is 50.3. The van der Waals surface area contributed by atoms with Gasteiger partial charge in [0.15, 0.2) is 5.76 Å². The van der Waals surface area contributed by atoms with Gasteiger partial charge in [0, 0.05) is 77.8 Å². The molecule has 12 rings (SSSR count). The predicted octanol–water partition coefficient (Wildman–Crippen LogP) is 13.6. The summed E-state index contributed by atoms with van der Waals surface area (Å²) in [7, 11) is 0. The van der Waals surface area contributed by atoms with Crippen LogP contribution in [0.3, 0.4) is 0 Å². The van der Waals surface area contributed by atoms with Gasteiger partial charge in [-0.25, -0.2) is 4.99 Å². The Morgan fingerprint density at radius 3 is 2.15 bits per heavy atom. The van der Waals surface area contributed by atoms with Gasteiger partial charge in [-0.2, -0.15) is 0 Å². The summed E-state index contributed by atoms with van der Waals surface area (Å²) in [6.07, 6.45) is 3.01. The molecule has 0 atom stereocenters. The summed E-state index contributed by atoms with van der Waals surface area (Å²) >= 11 is 5.56. The van der Waals surface area contributed by atoms with Crippen molar-refractivity contribution in [2.24, 2.45) is 4.99 Å². The lowest BCUT2D eigenvalue weighted by molar-refractivity contribution is 0.601. The largest absolute Gasteiger partial charge is 0.454 e. The topological polar surface area (TPSA) is 30.4 Å². The van der Waals surface area contributed by atoms with Crippen LogP contribution >= 0.6 is 34.9 Å². The van der Waals surface area contributed by atoms with Crippen molar-refractivity contribution in [3.05, 3.63) is 162 Å². The second-order valence-corrected chi connectivity index (χ2v) is 16.5. The Morgan fingerprint density at radius 2 is 1.27 bits per heavy atom. The van der Waals surface area contributed by atoms with Crippen molar-refractivity contribution in [3.8, 4) is 0 Å². The monoisotopic (exact) mass is 718 g/mol. The minimum absolute atomic E-state index is 0.698. The van der Waals surface area contributed by atoms with Gasteiger partial charge in [-0.05, 0) is 48.9 Å². The van der Waals surface area contributed by atoms with E-state index in [1.165, 1.54) is 72.4 Å². The van der Waals surface area contributed by atoms with Crippen molar-refractivity contribution in [2.75, 3.05) is 0 Å². The van der Waals surface area contributed by atoms with Crippen molar-refractivity contribution in [2.45, 2.75) is 26.0 Å². The van der Waals surface area contributed by atoms with E-state index in [1.807, 2.05) is 34.9 Å². The number of allylic oxidation sites excluding steroid dienone is 1. The van der Waals surface area contributed by atoms with E-state index in [-0.39, 0.29) is 0 Å². The summed E-state index contributed by atoms with van der Waals surface area (Å²) in [5, 5.41) is 8.79. The number of fused-ring (bicyclic) bond motifs is 15. The molecule has 3 aromatic heterocycles. The lowest BCUT2D eigenvalue weighted by Crippen LogP contribution is -2.08. The van der Waals surface area contributed by atoms with Gasteiger partial charge in [0.2, 0.25) is 0 Å². The molecule has 10 aromatic rings. The Balaban J connectivity index is 1.20. The number of furan rings is 1. The third kappa shape index (κ3) is 4.03. The summed E-state index contributed by atoms with van der Waals surface area (Å²) in [4.78, 5) is 10.8. The van der Waals surface area contributed by atoms with Gasteiger partial charge in [0.1, 0.15) is 17.1 Å². The third-order valence-electron chi connectivity index (χ3n) is 10.5. The van der Waals surface area contributed by atoms with Crippen LogP contribution in [0.1, 0.15) is 16.9 Å². The molecule has 0 amide bonds. The number of aliphatic imine (C=N–C) groups is 1. The highest BCUT2D eigenvalue weighted by Crippen LogP contribution is 2.51. The number of aromatic nitrogens is 1. The number of benzene rings is 7. The van der Waals surface area contributed by atoms with Crippen LogP contribution < -0.4 is 0 Å². The maximum Gasteiger partial charge on any atom is 0.158 e. The van der Waals surface area contributed by atoms with Crippen LogP contribution in [-0.2, 0) is 6.42 Å². The molecule has 2 aliphatic rings. The van der Waals surface area contributed by atoms with E-state index < -0.39 is 0 Å². The molecule has 3 nitrogen and oxygen atoms in total. The smallest absolute Gasteiger partial charge is 0.158 e.